The van der Waals surface area contributed by atoms with Crippen molar-refractivity contribution in [2.24, 2.45) is 0 Å². The first-order chi connectivity index (χ1) is 12.6. The third-order valence-electron chi connectivity index (χ3n) is 4.29. The van der Waals surface area contributed by atoms with Gasteiger partial charge in [-0.1, -0.05) is 24.3 Å². The number of hydrogen-bond acceptors (Lipinski definition) is 3. The molecule has 0 aliphatic carbocycles. The van der Waals surface area contributed by atoms with Crippen LogP contribution in [-0.4, -0.2) is 37.0 Å². The molecule has 26 heavy (non-hydrogen) atoms. The highest BCUT2D eigenvalue weighted by Crippen LogP contribution is 2.21. The van der Waals surface area contributed by atoms with E-state index in [2.05, 4.69) is 0 Å². The first-order valence-electron chi connectivity index (χ1n) is 8.24. The summed E-state index contributed by atoms with van der Waals surface area (Å²) in [6, 6.07) is 14.0. The van der Waals surface area contributed by atoms with E-state index >= 15 is 0 Å². The lowest BCUT2D eigenvalue weighted by molar-refractivity contribution is -0.126. The summed E-state index contributed by atoms with van der Waals surface area (Å²) in [4.78, 5) is 16.0. The molecule has 132 valence electrons. The Morgan fingerprint density at radius 1 is 1.00 bits per heavy atom. The highest BCUT2D eigenvalue weighted by Gasteiger charge is 2.24. The summed E-state index contributed by atoms with van der Waals surface area (Å²) in [5.74, 6) is -1.04. The van der Waals surface area contributed by atoms with E-state index in [0.29, 0.717) is 37.4 Å². The van der Waals surface area contributed by atoms with E-state index in [9.17, 15) is 18.8 Å². The second-order valence-corrected chi connectivity index (χ2v) is 5.95. The van der Waals surface area contributed by atoms with Gasteiger partial charge in [-0.05, 0) is 35.9 Å². The van der Waals surface area contributed by atoms with Crippen LogP contribution in [0.4, 0.5) is 14.5 Å². The van der Waals surface area contributed by atoms with E-state index in [0.717, 1.165) is 0 Å². The molecule has 0 N–H and O–H groups in total. The van der Waals surface area contributed by atoms with Crippen molar-refractivity contribution in [2.75, 3.05) is 31.1 Å². The number of para-hydroxylation sites is 1. The van der Waals surface area contributed by atoms with Crippen molar-refractivity contribution in [3.05, 3.63) is 71.3 Å². The Kier molecular flexibility index (Phi) is 5.28. The third-order valence-corrected chi connectivity index (χ3v) is 4.29. The number of halogens is 2. The van der Waals surface area contributed by atoms with Crippen molar-refractivity contribution in [3.8, 4) is 6.07 Å². The standard InChI is InChI=1S/C20H17F2N3O/c21-17-7-5-15(6-8-17)13-16(14-23)20(26)25-11-9-24(10-12-25)19-4-2-1-3-18(19)22/h1-8,13H,9-12H2/b16-13+. The van der Waals surface area contributed by atoms with Gasteiger partial charge in [-0.15, -0.1) is 0 Å². The molecular weight excluding hydrogens is 336 g/mol. The van der Waals surface area contributed by atoms with Gasteiger partial charge >= 0.3 is 0 Å². The molecule has 1 aliphatic rings. The minimum absolute atomic E-state index is 0.00375. The predicted molar refractivity (Wildman–Crippen MR) is 95.2 cm³/mol. The fourth-order valence-corrected chi connectivity index (χ4v) is 2.90. The first kappa shape index (κ1) is 17.6. The number of nitrogens with zero attached hydrogens (tertiary/aromatic N) is 3. The maximum Gasteiger partial charge on any atom is 0.264 e. The minimum atomic E-state index is -0.378. The molecule has 0 saturated carbocycles. The van der Waals surface area contributed by atoms with E-state index < -0.39 is 0 Å². The maximum atomic E-state index is 13.9. The Hall–Kier alpha value is -3.20. The Bertz CT molecular complexity index is 863. The normalized spacial score (nSPS) is 14.9. The average Bonchev–Trinajstić information content (AvgIpc) is 2.67. The van der Waals surface area contributed by atoms with Crippen LogP contribution in [0.3, 0.4) is 0 Å². The minimum Gasteiger partial charge on any atom is -0.366 e. The van der Waals surface area contributed by atoms with Crippen LogP contribution in [0.25, 0.3) is 6.08 Å². The van der Waals surface area contributed by atoms with E-state index in [-0.39, 0.29) is 23.1 Å². The van der Waals surface area contributed by atoms with E-state index in [1.165, 1.54) is 36.4 Å². The number of amides is 1. The number of anilines is 1. The van der Waals surface area contributed by atoms with Crippen LogP contribution in [0.2, 0.25) is 0 Å². The van der Waals surface area contributed by atoms with Gasteiger partial charge in [0, 0.05) is 26.2 Å². The summed E-state index contributed by atoms with van der Waals surface area (Å²) in [6.45, 7) is 1.77. The van der Waals surface area contributed by atoms with E-state index in [4.69, 9.17) is 0 Å². The molecule has 2 aromatic carbocycles. The second-order valence-electron chi connectivity index (χ2n) is 5.95. The number of carbonyl (C=O) groups is 1. The van der Waals surface area contributed by atoms with E-state index in [1.54, 1.807) is 23.1 Å². The topological polar surface area (TPSA) is 47.3 Å². The lowest BCUT2D eigenvalue weighted by atomic mass is 10.1. The molecule has 4 nitrogen and oxygen atoms in total. The lowest BCUT2D eigenvalue weighted by Gasteiger charge is -2.36. The van der Waals surface area contributed by atoms with Crippen molar-refractivity contribution in [2.45, 2.75) is 0 Å². The van der Waals surface area contributed by atoms with Crippen molar-refractivity contribution >= 4 is 17.7 Å². The number of hydrogen-bond donors (Lipinski definition) is 0. The van der Waals surface area contributed by atoms with Crippen molar-refractivity contribution in [1.82, 2.24) is 4.90 Å². The van der Waals surface area contributed by atoms with Crippen LogP contribution in [0.1, 0.15) is 5.56 Å². The van der Waals surface area contributed by atoms with E-state index in [1.807, 2.05) is 11.0 Å². The molecule has 0 aromatic heterocycles. The number of benzene rings is 2. The average molecular weight is 353 g/mol. The van der Waals surface area contributed by atoms with Crippen LogP contribution >= 0.6 is 0 Å². The van der Waals surface area contributed by atoms with Gasteiger partial charge in [-0.3, -0.25) is 4.79 Å². The predicted octanol–water partition coefficient (Wildman–Crippen LogP) is 3.22. The van der Waals surface area contributed by atoms with Gasteiger partial charge in [0.25, 0.3) is 5.91 Å². The summed E-state index contributed by atoms with van der Waals surface area (Å²) in [7, 11) is 0. The molecule has 0 bridgehead atoms. The van der Waals surface area contributed by atoms with Crippen LogP contribution < -0.4 is 4.90 Å². The number of piperazine rings is 1. The summed E-state index contributed by atoms with van der Waals surface area (Å²) in [6.07, 6.45) is 1.45. The Labute approximate surface area is 150 Å². The second kappa shape index (κ2) is 7.79. The Morgan fingerprint density at radius 2 is 1.65 bits per heavy atom. The fourth-order valence-electron chi connectivity index (χ4n) is 2.90. The molecule has 0 atom stereocenters. The van der Waals surface area contributed by atoms with Gasteiger partial charge in [0.2, 0.25) is 0 Å². The SMILES string of the molecule is N#C/C(=C\c1ccc(F)cc1)C(=O)N1CCN(c2ccccc2F)CC1. The van der Waals surface area contributed by atoms with Crippen LogP contribution in [0.5, 0.6) is 0 Å². The largest absolute Gasteiger partial charge is 0.366 e. The molecule has 6 heteroatoms. The third kappa shape index (κ3) is 3.89. The summed E-state index contributed by atoms with van der Waals surface area (Å²) in [5, 5.41) is 9.31. The molecule has 1 saturated heterocycles. The zero-order valence-electron chi connectivity index (χ0n) is 14.0. The van der Waals surface area contributed by atoms with Gasteiger partial charge in [0.1, 0.15) is 23.3 Å². The van der Waals surface area contributed by atoms with Crippen molar-refractivity contribution in [1.29, 1.82) is 5.26 Å². The molecule has 1 aliphatic heterocycles. The number of carbonyl (C=O) groups excluding carboxylic acids is 1. The highest BCUT2D eigenvalue weighted by atomic mass is 19.1. The molecule has 3 rings (SSSR count). The van der Waals surface area contributed by atoms with Crippen LogP contribution in [0.15, 0.2) is 54.1 Å². The Morgan fingerprint density at radius 3 is 2.27 bits per heavy atom. The molecule has 1 fully saturated rings. The zero-order chi connectivity index (χ0) is 18.5. The highest BCUT2D eigenvalue weighted by molar-refractivity contribution is 6.01. The summed E-state index contributed by atoms with van der Waals surface area (Å²) in [5.41, 5.74) is 1.10. The lowest BCUT2D eigenvalue weighted by Crippen LogP contribution is -2.49. The number of nitriles is 1. The first-order valence-corrected chi connectivity index (χ1v) is 8.24. The van der Waals surface area contributed by atoms with Gasteiger partial charge < -0.3 is 9.80 Å². The molecule has 0 unspecified atom stereocenters. The summed E-state index contributed by atoms with van der Waals surface area (Å²) >= 11 is 0. The molecule has 0 spiro atoms. The monoisotopic (exact) mass is 353 g/mol. The quantitative estimate of drug-likeness (QED) is 0.629. The Balaban J connectivity index is 1.68. The van der Waals surface area contributed by atoms with Gasteiger partial charge in [-0.2, -0.15) is 5.26 Å². The van der Waals surface area contributed by atoms with Gasteiger partial charge in [0.05, 0.1) is 5.69 Å². The molecule has 1 amide bonds. The van der Waals surface area contributed by atoms with Gasteiger partial charge in [-0.25, -0.2) is 8.78 Å². The molecule has 1 heterocycles. The maximum absolute atomic E-state index is 13.9. The molecular formula is C20H17F2N3O. The smallest absolute Gasteiger partial charge is 0.264 e. The molecule has 2 aromatic rings. The zero-order valence-corrected chi connectivity index (χ0v) is 14.0. The van der Waals surface area contributed by atoms with Crippen LogP contribution in [0, 0.1) is 23.0 Å². The molecule has 0 radical (unpaired) electrons. The summed E-state index contributed by atoms with van der Waals surface area (Å²) < 4.78 is 26.9. The fraction of sp³-hybridized carbons (Fsp3) is 0.200. The number of rotatable bonds is 3. The van der Waals surface area contributed by atoms with Crippen molar-refractivity contribution in [3.63, 3.8) is 0 Å². The van der Waals surface area contributed by atoms with Gasteiger partial charge in [0.15, 0.2) is 0 Å². The van der Waals surface area contributed by atoms with Crippen LogP contribution in [-0.2, 0) is 4.79 Å². The van der Waals surface area contributed by atoms with Crippen molar-refractivity contribution < 1.29 is 13.6 Å².